The van der Waals surface area contributed by atoms with Crippen molar-refractivity contribution in [1.82, 2.24) is 4.90 Å². The lowest BCUT2D eigenvalue weighted by Crippen LogP contribution is -2.45. The molecule has 21 heavy (non-hydrogen) atoms. The molecule has 1 heterocycles. The van der Waals surface area contributed by atoms with Gasteiger partial charge in [-0.2, -0.15) is 0 Å². The highest BCUT2D eigenvalue weighted by Crippen LogP contribution is 2.24. The van der Waals surface area contributed by atoms with Crippen molar-refractivity contribution in [2.45, 2.75) is 18.9 Å². The van der Waals surface area contributed by atoms with Crippen molar-refractivity contribution in [3.63, 3.8) is 0 Å². The summed E-state index contributed by atoms with van der Waals surface area (Å²) in [5.41, 5.74) is 6.36. The van der Waals surface area contributed by atoms with Crippen LogP contribution >= 0.6 is 0 Å². The first-order valence-corrected chi connectivity index (χ1v) is 7.06. The first-order valence-electron chi connectivity index (χ1n) is 7.06. The van der Waals surface area contributed by atoms with Crippen molar-refractivity contribution in [2.75, 3.05) is 11.9 Å². The van der Waals surface area contributed by atoms with E-state index in [4.69, 9.17) is 11.1 Å². The summed E-state index contributed by atoms with van der Waals surface area (Å²) >= 11 is 0. The van der Waals surface area contributed by atoms with Gasteiger partial charge in [0.2, 0.25) is 0 Å². The largest absolute Gasteiger partial charge is 0.386 e. The molecule has 1 aliphatic rings. The molecule has 0 aromatic heterocycles. The zero-order valence-corrected chi connectivity index (χ0v) is 11.7. The van der Waals surface area contributed by atoms with Gasteiger partial charge in [0.1, 0.15) is 5.84 Å². The van der Waals surface area contributed by atoms with Crippen LogP contribution in [0.15, 0.2) is 42.5 Å². The maximum atomic E-state index is 12.4. The summed E-state index contributed by atoms with van der Waals surface area (Å²) in [6, 6.07) is 13.3. The Morgan fingerprint density at radius 3 is 2.81 bits per heavy atom. The van der Waals surface area contributed by atoms with Crippen molar-refractivity contribution in [3.05, 3.63) is 42.5 Å². The van der Waals surface area contributed by atoms with Crippen LogP contribution in [0.1, 0.15) is 12.8 Å². The summed E-state index contributed by atoms with van der Waals surface area (Å²) < 4.78 is 0. The van der Waals surface area contributed by atoms with Gasteiger partial charge in [0.25, 0.3) is 0 Å². The van der Waals surface area contributed by atoms with Gasteiger partial charge in [0.15, 0.2) is 0 Å². The van der Waals surface area contributed by atoms with E-state index in [0.29, 0.717) is 6.54 Å². The molecule has 1 saturated heterocycles. The van der Waals surface area contributed by atoms with Crippen molar-refractivity contribution < 1.29 is 4.79 Å². The minimum absolute atomic E-state index is 0.0561. The summed E-state index contributed by atoms with van der Waals surface area (Å²) in [6.07, 6.45) is 1.64. The highest BCUT2D eigenvalue weighted by molar-refractivity contribution is 6.02. The van der Waals surface area contributed by atoms with Gasteiger partial charge in [-0.3, -0.25) is 5.41 Å². The molecule has 0 bridgehead atoms. The number of benzene rings is 2. The molecule has 0 aliphatic carbocycles. The maximum absolute atomic E-state index is 12.4. The summed E-state index contributed by atoms with van der Waals surface area (Å²) in [4.78, 5) is 14.1. The van der Waals surface area contributed by atoms with Gasteiger partial charge in [0.05, 0.1) is 11.7 Å². The number of fused-ring (bicyclic) bond motifs is 1. The highest BCUT2D eigenvalue weighted by Gasteiger charge is 2.30. The van der Waals surface area contributed by atoms with Gasteiger partial charge in [-0.1, -0.05) is 36.4 Å². The number of likely N-dealkylation sites (tertiary alicyclic amines) is 1. The van der Waals surface area contributed by atoms with Gasteiger partial charge in [-0.05, 0) is 24.3 Å². The number of amidine groups is 1. The molecular weight excluding hydrogens is 264 g/mol. The van der Waals surface area contributed by atoms with E-state index >= 15 is 0 Å². The lowest BCUT2D eigenvalue weighted by Gasteiger charge is -2.24. The van der Waals surface area contributed by atoms with E-state index in [1.807, 2.05) is 42.5 Å². The van der Waals surface area contributed by atoms with Crippen LogP contribution in [0.25, 0.3) is 10.8 Å². The molecule has 3 rings (SSSR count). The smallest absolute Gasteiger partial charge is 0.322 e. The van der Waals surface area contributed by atoms with E-state index in [2.05, 4.69) is 5.32 Å². The molecule has 0 radical (unpaired) electrons. The number of hydrogen-bond donors (Lipinski definition) is 3. The predicted octanol–water partition coefficient (Wildman–Crippen LogP) is 2.77. The zero-order valence-electron chi connectivity index (χ0n) is 11.7. The Morgan fingerprint density at radius 2 is 2.00 bits per heavy atom. The molecule has 108 valence electrons. The third kappa shape index (κ3) is 2.54. The Balaban J connectivity index is 1.85. The number of nitrogens with one attached hydrogen (secondary N) is 2. The van der Waals surface area contributed by atoms with E-state index in [9.17, 15) is 4.79 Å². The number of nitrogens with two attached hydrogens (primary N) is 1. The fourth-order valence-corrected chi connectivity index (χ4v) is 2.85. The van der Waals surface area contributed by atoms with Gasteiger partial charge in [0, 0.05) is 11.9 Å². The lowest BCUT2D eigenvalue weighted by molar-refractivity contribution is 0.216. The van der Waals surface area contributed by atoms with E-state index in [0.717, 1.165) is 29.3 Å². The van der Waals surface area contributed by atoms with Crippen LogP contribution < -0.4 is 11.1 Å². The van der Waals surface area contributed by atoms with Crippen LogP contribution in [0.4, 0.5) is 10.5 Å². The molecule has 2 amide bonds. The van der Waals surface area contributed by atoms with Crippen LogP contribution in [-0.2, 0) is 0 Å². The Labute approximate surface area is 123 Å². The zero-order chi connectivity index (χ0) is 14.8. The number of carbonyl (C=O) groups excluding carboxylic acids is 1. The molecule has 5 heteroatoms. The predicted molar refractivity (Wildman–Crippen MR) is 84.6 cm³/mol. The molecule has 1 fully saturated rings. The number of urea groups is 1. The number of carbonyl (C=O) groups is 1. The number of nitrogens with zero attached hydrogens (tertiary/aromatic N) is 1. The van der Waals surface area contributed by atoms with Crippen LogP contribution in [-0.4, -0.2) is 29.4 Å². The van der Waals surface area contributed by atoms with E-state index in [-0.39, 0.29) is 17.9 Å². The molecule has 1 atom stereocenters. The van der Waals surface area contributed by atoms with E-state index in [1.165, 1.54) is 0 Å². The molecule has 0 spiro atoms. The van der Waals surface area contributed by atoms with E-state index in [1.54, 1.807) is 4.90 Å². The lowest BCUT2D eigenvalue weighted by atomic mass is 10.1. The first kappa shape index (κ1) is 13.4. The molecule has 1 aliphatic heterocycles. The molecule has 0 saturated carbocycles. The standard InChI is InChI=1S/C16H18N4O/c17-15(18)14-9-4-10-20(14)16(21)19-13-8-3-6-11-5-1-2-7-12(11)13/h1-3,5-8,14H,4,9-10H2,(H3,17,18)(H,19,21). The molecule has 5 nitrogen and oxygen atoms in total. The second-order valence-electron chi connectivity index (χ2n) is 5.26. The molecule has 2 aromatic carbocycles. The van der Waals surface area contributed by atoms with Crippen LogP contribution in [0.3, 0.4) is 0 Å². The SMILES string of the molecule is N=C(N)C1CCCN1C(=O)Nc1cccc2ccccc12. The molecule has 1 unspecified atom stereocenters. The Bertz CT molecular complexity index is 692. The number of anilines is 1. The second-order valence-corrected chi connectivity index (χ2v) is 5.26. The van der Waals surface area contributed by atoms with Crippen molar-refractivity contribution in [2.24, 2.45) is 5.73 Å². The van der Waals surface area contributed by atoms with Crippen molar-refractivity contribution >= 4 is 28.3 Å². The summed E-state index contributed by atoms with van der Waals surface area (Å²) in [5, 5.41) is 12.6. The number of amides is 2. The normalized spacial score (nSPS) is 17.9. The third-order valence-electron chi connectivity index (χ3n) is 3.90. The number of rotatable bonds is 2. The van der Waals surface area contributed by atoms with Gasteiger partial charge in [-0.15, -0.1) is 0 Å². The van der Waals surface area contributed by atoms with Crippen LogP contribution in [0, 0.1) is 5.41 Å². The average molecular weight is 282 g/mol. The number of hydrogen-bond acceptors (Lipinski definition) is 2. The Morgan fingerprint density at radius 1 is 1.24 bits per heavy atom. The summed E-state index contributed by atoms with van der Waals surface area (Å²) in [6.45, 7) is 0.640. The quantitative estimate of drug-likeness (QED) is 0.584. The third-order valence-corrected chi connectivity index (χ3v) is 3.90. The topological polar surface area (TPSA) is 82.2 Å². The van der Waals surface area contributed by atoms with Crippen LogP contribution in [0.5, 0.6) is 0 Å². The first-order chi connectivity index (χ1) is 10.2. The van der Waals surface area contributed by atoms with Gasteiger partial charge >= 0.3 is 6.03 Å². The Hall–Kier alpha value is -2.56. The minimum atomic E-state index is -0.278. The molecule has 2 aromatic rings. The average Bonchev–Trinajstić information content (AvgIpc) is 2.97. The fourth-order valence-electron chi connectivity index (χ4n) is 2.85. The van der Waals surface area contributed by atoms with Crippen molar-refractivity contribution in [1.29, 1.82) is 5.41 Å². The van der Waals surface area contributed by atoms with Crippen LogP contribution in [0.2, 0.25) is 0 Å². The summed E-state index contributed by atoms with van der Waals surface area (Å²) in [7, 11) is 0. The maximum Gasteiger partial charge on any atom is 0.322 e. The van der Waals surface area contributed by atoms with Crippen molar-refractivity contribution in [3.8, 4) is 0 Å². The monoisotopic (exact) mass is 282 g/mol. The Kier molecular flexibility index (Phi) is 3.48. The second kappa shape index (κ2) is 5.44. The highest BCUT2D eigenvalue weighted by atomic mass is 16.2. The van der Waals surface area contributed by atoms with Gasteiger partial charge < -0.3 is 16.0 Å². The minimum Gasteiger partial charge on any atom is -0.386 e. The van der Waals surface area contributed by atoms with Gasteiger partial charge in [-0.25, -0.2) is 4.79 Å². The van der Waals surface area contributed by atoms with E-state index < -0.39 is 0 Å². The molecule has 4 N–H and O–H groups in total. The molecular formula is C16H18N4O. The fraction of sp³-hybridized carbons (Fsp3) is 0.250. The summed E-state index contributed by atoms with van der Waals surface area (Å²) in [5.74, 6) is 0.0561.